The molecule has 0 aliphatic rings. The summed E-state index contributed by atoms with van der Waals surface area (Å²) < 4.78 is 11.0. The molecule has 0 fully saturated rings. The molecule has 0 unspecified atom stereocenters. The number of ether oxygens (including phenoxy) is 2. The molecule has 0 aliphatic carbocycles. The highest BCUT2D eigenvalue weighted by Gasteiger charge is 2.12. The Kier molecular flexibility index (Phi) is 14.1. The first-order chi connectivity index (χ1) is 12.9. The van der Waals surface area contributed by atoms with Crippen molar-refractivity contribution in [2.45, 2.75) is 60.2 Å². The van der Waals surface area contributed by atoms with E-state index >= 15 is 0 Å². The van der Waals surface area contributed by atoms with Crippen molar-refractivity contribution in [1.82, 2.24) is 15.5 Å². The molecule has 7 heteroatoms. The van der Waals surface area contributed by atoms with Gasteiger partial charge in [-0.15, -0.1) is 24.0 Å². The Bertz CT molecular complexity index is 572. The summed E-state index contributed by atoms with van der Waals surface area (Å²) in [5.41, 5.74) is 1.09. The van der Waals surface area contributed by atoms with Crippen LogP contribution in [-0.4, -0.2) is 56.3 Å². The van der Waals surface area contributed by atoms with Crippen molar-refractivity contribution >= 4 is 29.9 Å². The van der Waals surface area contributed by atoms with Crippen molar-refractivity contribution in [3.63, 3.8) is 0 Å². The molecule has 162 valence electrons. The second-order valence-corrected chi connectivity index (χ2v) is 6.97. The third-order valence-electron chi connectivity index (χ3n) is 4.28. The molecule has 0 aliphatic heterocycles. The molecule has 0 atom stereocenters. The molecule has 0 aromatic heterocycles. The van der Waals surface area contributed by atoms with E-state index in [-0.39, 0.29) is 24.0 Å². The Morgan fingerprint density at radius 3 is 2.29 bits per heavy atom. The fourth-order valence-corrected chi connectivity index (χ4v) is 3.02. The Morgan fingerprint density at radius 2 is 1.75 bits per heavy atom. The number of nitrogens with zero attached hydrogens (tertiary/aromatic N) is 2. The zero-order valence-corrected chi connectivity index (χ0v) is 20.9. The molecule has 0 saturated heterocycles. The number of guanidine groups is 1. The molecule has 2 N–H and O–H groups in total. The minimum Gasteiger partial charge on any atom is -0.493 e. The van der Waals surface area contributed by atoms with Gasteiger partial charge in [-0.05, 0) is 59.2 Å². The molecule has 0 amide bonds. The van der Waals surface area contributed by atoms with Crippen LogP contribution in [0.1, 0.15) is 47.1 Å². The quantitative estimate of drug-likeness (QED) is 0.271. The smallest absolute Gasteiger partial charge is 0.191 e. The maximum atomic E-state index is 5.65. The van der Waals surface area contributed by atoms with Crippen molar-refractivity contribution in [2.24, 2.45) is 4.99 Å². The molecule has 0 bridgehead atoms. The van der Waals surface area contributed by atoms with Crippen LogP contribution in [-0.2, 0) is 6.54 Å². The molecule has 0 saturated carbocycles. The van der Waals surface area contributed by atoms with Crippen LogP contribution in [0.15, 0.2) is 23.2 Å². The molecule has 1 rings (SSSR count). The van der Waals surface area contributed by atoms with E-state index in [4.69, 9.17) is 14.5 Å². The van der Waals surface area contributed by atoms with Crippen molar-refractivity contribution < 1.29 is 9.47 Å². The van der Waals surface area contributed by atoms with Gasteiger partial charge in [-0.1, -0.05) is 6.07 Å². The number of rotatable bonds is 11. The fourth-order valence-electron chi connectivity index (χ4n) is 3.02. The lowest BCUT2D eigenvalue weighted by molar-refractivity contribution is 0.178. The van der Waals surface area contributed by atoms with Gasteiger partial charge in [0, 0.05) is 31.7 Å². The van der Waals surface area contributed by atoms with Crippen LogP contribution in [0.4, 0.5) is 0 Å². The fraction of sp³-hybridized carbons (Fsp3) is 0.667. The zero-order chi connectivity index (χ0) is 20.2. The minimum absolute atomic E-state index is 0. The monoisotopic (exact) mass is 506 g/mol. The summed E-state index contributed by atoms with van der Waals surface area (Å²) in [6.07, 6.45) is 0. The van der Waals surface area contributed by atoms with Gasteiger partial charge in [0.1, 0.15) is 0 Å². The molecule has 0 radical (unpaired) electrons. The summed E-state index contributed by atoms with van der Waals surface area (Å²) in [6.45, 7) is 16.8. The maximum Gasteiger partial charge on any atom is 0.191 e. The van der Waals surface area contributed by atoms with Crippen LogP contribution in [0.2, 0.25) is 0 Å². The lowest BCUT2D eigenvalue weighted by Crippen LogP contribution is -2.45. The van der Waals surface area contributed by atoms with Crippen molar-refractivity contribution in [3.8, 4) is 11.5 Å². The maximum absolute atomic E-state index is 5.65. The number of methoxy groups -OCH3 is 1. The Morgan fingerprint density at radius 1 is 1.07 bits per heavy atom. The second-order valence-electron chi connectivity index (χ2n) is 6.97. The predicted octanol–water partition coefficient (Wildman–Crippen LogP) is 3.89. The topological polar surface area (TPSA) is 58.1 Å². The third-order valence-corrected chi connectivity index (χ3v) is 4.28. The first-order valence-corrected chi connectivity index (χ1v) is 10.00. The lowest BCUT2D eigenvalue weighted by atomic mass is 10.2. The molecule has 1 aromatic carbocycles. The van der Waals surface area contributed by atoms with Crippen molar-refractivity contribution in [1.29, 1.82) is 0 Å². The third kappa shape index (κ3) is 9.32. The zero-order valence-electron chi connectivity index (χ0n) is 18.5. The number of nitrogens with one attached hydrogen (secondary N) is 2. The normalized spacial score (nSPS) is 11.6. The number of hydrogen-bond acceptors (Lipinski definition) is 4. The first kappa shape index (κ1) is 26.8. The Hall–Kier alpha value is -1.22. The van der Waals surface area contributed by atoms with Gasteiger partial charge in [0.25, 0.3) is 0 Å². The van der Waals surface area contributed by atoms with Crippen LogP contribution in [0.5, 0.6) is 11.5 Å². The first-order valence-electron chi connectivity index (χ1n) is 10.00. The molecule has 6 nitrogen and oxygen atoms in total. The average Bonchev–Trinajstić information content (AvgIpc) is 2.62. The van der Waals surface area contributed by atoms with Crippen LogP contribution >= 0.6 is 24.0 Å². The number of halogens is 1. The van der Waals surface area contributed by atoms with Crippen LogP contribution in [0, 0.1) is 0 Å². The highest BCUT2D eigenvalue weighted by atomic mass is 127. The predicted molar refractivity (Wildman–Crippen MR) is 129 cm³/mol. The summed E-state index contributed by atoms with van der Waals surface area (Å²) in [6, 6.07) is 7.01. The summed E-state index contributed by atoms with van der Waals surface area (Å²) in [5.74, 6) is 2.34. The molecular formula is C21H39IN4O2. The van der Waals surface area contributed by atoms with E-state index in [1.165, 1.54) is 0 Å². The SMILES string of the molecule is CCNC(=NCc1ccc(OC)c(OCC)c1)NCCN(C(C)C)C(C)C.I. The van der Waals surface area contributed by atoms with Crippen molar-refractivity contribution in [2.75, 3.05) is 33.4 Å². The van der Waals surface area contributed by atoms with Gasteiger partial charge in [-0.3, -0.25) is 4.90 Å². The van der Waals surface area contributed by atoms with E-state index in [1.54, 1.807) is 7.11 Å². The average molecular weight is 506 g/mol. The van der Waals surface area contributed by atoms with Gasteiger partial charge in [0.2, 0.25) is 0 Å². The van der Waals surface area contributed by atoms with Crippen LogP contribution in [0.25, 0.3) is 0 Å². The van der Waals surface area contributed by atoms with E-state index < -0.39 is 0 Å². The molecule has 1 aromatic rings. The van der Waals surface area contributed by atoms with E-state index in [0.29, 0.717) is 25.2 Å². The molecule has 28 heavy (non-hydrogen) atoms. The Balaban J connectivity index is 0.00000729. The largest absolute Gasteiger partial charge is 0.493 e. The van der Waals surface area contributed by atoms with E-state index in [0.717, 1.165) is 42.7 Å². The summed E-state index contributed by atoms with van der Waals surface area (Å²) in [7, 11) is 1.65. The Labute approximate surface area is 188 Å². The molecular weight excluding hydrogens is 467 g/mol. The van der Waals surface area contributed by atoms with Gasteiger partial charge in [-0.25, -0.2) is 4.99 Å². The van der Waals surface area contributed by atoms with E-state index in [2.05, 4.69) is 50.2 Å². The van der Waals surface area contributed by atoms with Gasteiger partial charge in [0.05, 0.1) is 20.3 Å². The molecule has 0 spiro atoms. The lowest BCUT2D eigenvalue weighted by Gasteiger charge is -2.30. The number of aliphatic imine (C=N–C) groups is 1. The standard InChI is InChI=1S/C21H38N4O2.HI/c1-8-22-21(23-12-13-25(16(3)4)17(5)6)24-15-18-10-11-19(26-7)20(14-18)27-9-2;/h10-11,14,16-17H,8-9,12-13,15H2,1-7H3,(H2,22,23,24);1H. The second kappa shape index (κ2) is 14.7. The van der Waals surface area contributed by atoms with E-state index in [9.17, 15) is 0 Å². The number of hydrogen-bond donors (Lipinski definition) is 2. The van der Waals surface area contributed by atoms with E-state index in [1.807, 2.05) is 25.1 Å². The van der Waals surface area contributed by atoms with Crippen molar-refractivity contribution in [3.05, 3.63) is 23.8 Å². The number of benzene rings is 1. The van der Waals surface area contributed by atoms with Gasteiger partial charge < -0.3 is 20.1 Å². The van der Waals surface area contributed by atoms with Gasteiger partial charge >= 0.3 is 0 Å². The van der Waals surface area contributed by atoms with Gasteiger partial charge in [-0.2, -0.15) is 0 Å². The van der Waals surface area contributed by atoms with Gasteiger partial charge in [0.15, 0.2) is 17.5 Å². The van der Waals surface area contributed by atoms with Crippen LogP contribution < -0.4 is 20.1 Å². The molecule has 0 heterocycles. The highest BCUT2D eigenvalue weighted by Crippen LogP contribution is 2.28. The summed E-state index contributed by atoms with van der Waals surface area (Å²) >= 11 is 0. The summed E-state index contributed by atoms with van der Waals surface area (Å²) in [4.78, 5) is 7.17. The minimum atomic E-state index is 0. The van der Waals surface area contributed by atoms with Crippen LogP contribution in [0.3, 0.4) is 0 Å². The summed E-state index contributed by atoms with van der Waals surface area (Å²) in [5, 5.41) is 6.75. The highest BCUT2D eigenvalue weighted by molar-refractivity contribution is 14.0.